The van der Waals surface area contributed by atoms with Gasteiger partial charge < -0.3 is 14.6 Å². The smallest absolute Gasteiger partial charge is 0.223 e. The fourth-order valence-electron chi connectivity index (χ4n) is 2.84. The van der Waals surface area contributed by atoms with E-state index in [-0.39, 0.29) is 6.04 Å². The molecule has 0 radical (unpaired) electrons. The lowest BCUT2D eigenvalue weighted by Crippen LogP contribution is -2.10. The van der Waals surface area contributed by atoms with E-state index in [1.165, 1.54) is 6.33 Å². The maximum absolute atomic E-state index is 5.55. The van der Waals surface area contributed by atoms with Crippen LogP contribution in [-0.4, -0.2) is 37.2 Å². The minimum atomic E-state index is -0.208. The predicted octanol–water partition coefficient (Wildman–Crippen LogP) is 3.27. The van der Waals surface area contributed by atoms with Crippen molar-refractivity contribution in [1.29, 1.82) is 0 Å². The third-order valence-electron chi connectivity index (χ3n) is 4.25. The van der Waals surface area contributed by atoms with Gasteiger partial charge in [0.25, 0.3) is 0 Å². The minimum Gasteiger partial charge on any atom is -0.494 e. The Morgan fingerprint density at radius 2 is 1.86 bits per heavy atom. The second kappa shape index (κ2) is 7.18. The summed E-state index contributed by atoms with van der Waals surface area (Å²) in [5.41, 5.74) is 2.49. The van der Waals surface area contributed by atoms with Gasteiger partial charge in [0.2, 0.25) is 5.89 Å². The van der Waals surface area contributed by atoms with Crippen molar-refractivity contribution in [2.24, 2.45) is 0 Å². The molecule has 142 valence electrons. The van der Waals surface area contributed by atoms with Crippen molar-refractivity contribution in [3.8, 4) is 17.1 Å². The highest BCUT2D eigenvalue weighted by atomic mass is 16.5. The van der Waals surface area contributed by atoms with Crippen LogP contribution in [0.3, 0.4) is 0 Å². The summed E-state index contributed by atoms with van der Waals surface area (Å²) in [4.78, 5) is 21.9. The van der Waals surface area contributed by atoms with Gasteiger partial charge in [-0.25, -0.2) is 19.9 Å². The van der Waals surface area contributed by atoms with Crippen LogP contribution in [0, 0.1) is 13.8 Å². The SMILES string of the molecule is COc1cc(-c2ncc(C)cn2)cc2c(N[C@H](C)c3noc(C)n3)ncnc12. The molecule has 1 aromatic carbocycles. The molecule has 28 heavy (non-hydrogen) atoms. The first-order chi connectivity index (χ1) is 13.5. The molecule has 1 N–H and O–H groups in total. The third-order valence-corrected chi connectivity index (χ3v) is 4.25. The van der Waals surface area contributed by atoms with Crippen LogP contribution in [0.2, 0.25) is 0 Å². The first-order valence-electron chi connectivity index (χ1n) is 8.73. The van der Waals surface area contributed by atoms with Crippen LogP contribution in [-0.2, 0) is 0 Å². The van der Waals surface area contributed by atoms with E-state index in [0.29, 0.717) is 34.6 Å². The number of benzene rings is 1. The highest BCUT2D eigenvalue weighted by Gasteiger charge is 2.17. The number of hydrogen-bond donors (Lipinski definition) is 1. The summed E-state index contributed by atoms with van der Waals surface area (Å²) in [7, 11) is 1.61. The predicted molar refractivity (Wildman–Crippen MR) is 103 cm³/mol. The van der Waals surface area contributed by atoms with Gasteiger partial charge in [-0.05, 0) is 31.5 Å². The number of anilines is 1. The molecule has 9 heteroatoms. The summed E-state index contributed by atoms with van der Waals surface area (Å²) < 4.78 is 10.6. The number of aromatic nitrogens is 6. The molecule has 3 heterocycles. The van der Waals surface area contributed by atoms with Crippen molar-refractivity contribution in [2.45, 2.75) is 26.8 Å². The summed E-state index contributed by atoms with van der Waals surface area (Å²) in [6, 6.07) is 3.61. The lowest BCUT2D eigenvalue weighted by atomic mass is 10.1. The van der Waals surface area contributed by atoms with Gasteiger partial charge in [-0.2, -0.15) is 4.98 Å². The van der Waals surface area contributed by atoms with Crippen LogP contribution < -0.4 is 10.1 Å². The van der Waals surface area contributed by atoms with Crippen LogP contribution in [0.15, 0.2) is 35.4 Å². The maximum Gasteiger partial charge on any atom is 0.223 e. The third kappa shape index (κ3) is 3.34. The molecule has 4 rings (SSSR count). The molecule has 9 nitrogen and oxygen atoms in total. The molecule has 0 fully saturated rings. The minimum absolute atomic E-state index is 0.208. The van der Waals surface area contributed by atoms with E-state index in [0.717, 1.165) is 16.5 Å². The zero-order chi connectivity index (χ0) is 19.7. The molecule has 0 bridgehead atoms. The number of aryl methyl sites for hydroxylation is 2. The topological polar surface area (TPSA) is 112 Å². The average Bonchev–Trinajstić information content (AvgIpc) is 3.14. The molecule has 0 amide bonds. The quantitative estimate of drug-likeness (QED) is 0.560. The van der Waals surface area contributed by atoms with Gasteiger partial charge in [0.15, 0.2) is 11.6 Å². The number of fused-ring (bicyclic) bond motifs is 1. The second-order valence-corrected chi connectivity index (χ2v) is 6.42. The van der Waals surface area contributed by atoms with Crippen molar-refractivity contribution in [1.82, 2.24) is 30.1 Å². The largest absolute Gasteiger partial charge is 0.494 e. The molecule has 0 aliphatic rings. The van der Waals surface area contributed by atoms with E-state index in [1.54, 1.807) is 26.4 Å². The Morgan fingerprint density at radius 3 is 2.54 bits per heavy atom. The first-order valence-corrected chi connectivity index (χ1v) is 8.73. The molecule has 0 saturated carbocycles. The molecule has 1 atom stereocenters. The van der Waals surface area contributed by atoms with Gasteiger partial charge in [-0.15, -0.1) is 0 Å². The molecule has 0 spiro atoms. The van der Waals surface area contributed by atoms with Gasteiger partial charge in [-0.1, -0.05) is 5.16 Å². The maximum atomic E-state index is 5.55. The Labute approximate surface area is 161 Å². The fraction of sp³-hybridized carbons (Fsp3) is 0.263. The number of nitrogens with one attached hydrogen (secondary N) is 1. The first kappa shape index (κ1) is 17.8. The van der Waals surface area contributed by atoms with Gasteiger partial charge in [0, 0.05) is 30.3 Å². The Bertz CT molecular complexity index is 1130. The lowest BCUT2D eigenvalue weighted by Gasteiger charge is -2.14. The van der Waals surface area contributed by atoms with Crippen molar-refractivity contribution in [2.75, 3.05) is 12.4 Å². The number of methoxy groups -OCH3 is 1. The molecule has 0 unspecified atom stereocenters. The fourth-order valence-corrected chi connectivity index (χ4v) is 2.84. The van der Waals surface area contributed by atoms with E-state index in [4.69, 9.17) is 9.26 Å². The summed E-state index contributed by atoms with van der Waals surface area (Å²) in [6.07, 6.45) is 5.05. The Balaban J connectivity index is 1.80. The monoisotopic (exact) mass is 377 g/mol. The zero-order valence-electron chi connectivity index (χ0n) is 16.0. The Kier molecular flexibility index (Phi) is 4.56. The van der Waals surface area contributed by atoms with Gasteiger partial charge >= 0.3 is 0 Å². The lowest BCUT2D eigenvalue weighted by molar-refractivity contribution is 0.385. The van der Waals surface area contributed by atoms with E-state index in [9.17, 15) is 0 Å². The average molecular weight is 377 g/mol. The Morgan fingerprint density at radius 1 is 1.07 bits per heavy atom. The van der Waals surface area contributed by atoms with E-state index < -0.39 is 0 Å². The van der Waals surface area contributed by atoms with E-state index >= 15 is 0 Å². The van der Waals surface area contributed by atoms with Crippen molar-refractivity contribution in [3.05, 3.63) is 48.1 Å². The second-order valence-electron chi connectivity index (χ2n) is 6.42. The number of rotatable bonds is 5. The van der Waals surface area contributed by atoms with E-state index in [1.807, 2.05) is 26.0 Å². The Hall–Kier alpha value is -3.62. The molecular weight excluding hydrogens is 358 g/mol. The van der Waals surface area contributed by atoms with Crippen LogP contribution in [0.4, 0.5) is 5.82 Å². The van der Waals surface area contributed by atoms with Crippen LogP contribution >= 0.6 is 0 Å². The number of nitrogens with zero attached hydrogens (tertiary/aromatic N) is 6. The zero-order valence-corrected chi connectivity index (χ0v) is 16.0. The summed E-state index contributed by atoms with van der Waals surface area (Å²) in [5.74, 6) is 2.91. The van der Waals surface area contributed by atoms with E-state index in [2.05, 4.69) is 35.4 Å². The highest BCUT2D eigenvalue weighted by molar-refractivity contribution is 5.96. The summed E-state index contributed by atoms with van der Waals surface area (Å²) in [5, 5.41) is 8.07. The van der Waals surface area contributed by atoms with Crippen molar-refractivity contribution in [3.63, 3.8) is 0 Å². The summed E-state index contributed by atoms with van der Waals surface area (Å²) in [6.45, 7) is 5.63. The summed E-state index contributed by atoms with van der Waals surface area (Å²) >= 11 is 0. The molecular formula is C19H19N7O2. The van der Waals surface area contributed by atoms with Gasteiger partial charge in [0.05, 0.1) is 13.2 Å². The molecule has 3 aromatic heterocycles. The van der Waals surface area contributed by atoms with Crippen LogP contribution in [0.1, 0.15) is 30.2 Å². The van der Waals surface area contributed by atoms with Gasteiger partial charge in [-0.3, -0.25) is 0 Å². The van der Waals surface area contributed by atoms with Crippen LogP contribution in [0.5, 0.6) is 5.75 Å². The van der Waals surface area contributed by atoms with Crippen molar-refractivity contribution < 1.29 is 9.26 Å². The molecule has 0 aliphatic carbocycles. The molecule has 0 saturated heterocycles. The molecule has 4 aromatic rings. The van der Waals surface area contributed by atoms with Crippen molar-refractivity contribution >= 4 is 16.7 Å². The standard InChI is InChI=1S/C19H19N7O2/c1-10-7-20-18(21-8-10)13-5-14-16(15(6-13)27-4)22-9-23-19(14)24-11(2)17-25-12(3)28-26-17/h5-9,11H,1-4H3,(H,22,23,24)/t11-/m1/s1. The highest BCUT2D eigenvalue weighted by Crippen LogP contribution is 2.33. The van der Waals surface area contributed by atoms with Crippen LogP contribution in [0.25, 0.3) is 22.3 Å². The van der Waals surface area contributed by atoms with Gasteiger partial charge in [0.1, 0.15) is 23.4 Å². The number of ether oxygens (including phenoxy) is 1. The normalized spacial score (nSPS) is 12.1. The number of hydrogen-bond acceptors (Lipinski definition) is 9. The molecule has 0 aliphatic heterocycles.